The molecule has 0 atom stereocenters. The smallest absolute Gasteiger partial charge is 0.304 e. The summed E-state index contributed by atoms with van der Waals surface area (Å²) in [6.07, 6.45) is 1.65. The van der Waals surface area contributed by atoms with Crippen molar-refractivity contribution < 1.29 is 0 Å². The lowest BCUT2D eigenvalue weighted by Crippen LogP contribution is -2.32. The average molecular weight is 265 g/mol. The van der Waals surface area contributed by atoms with Crippen molar-refractivity contribution in [2.75, 3.05) is 0 Å². The van der Waals surface area contributed by atoms with Crippen LogP contribution in [0.15, 0.2) is 28.3 Å². The van der Waals surface area contributed by atoms with Crippen molar-refractivity contribution >= 4 is 12.2 Å². The van der Waals surface area contributed by atoms with E-state index in [-0.39, 0.29) is 0 Å². The number of rotatable bonds is 3. The molecule has 2 heterocycles. The van der Waals surface area contributed by atoms with Crippen LogP contribution in [-0.2, 0) is 13.6 Å². The molecular weight excluding hydrogens is 254 g/mol. The number of aromatic nitrogens is 5. The van der Waals surface area contributed by atoms with E-state index in [9.17, 15) is 9.59 Å². The highest BCUT2D eigenvalue weighted by atomic mass is 32.1. The van der Waals surface area contributed by atoms with Gasteiger partial charge in [0.25, 0.3) is 5.56 Å². The van der Waals surface area contributed by atoms with Gasteiger partial charge in [-0.15, -0.1) is 6.58 Å². The third-order valence-electron chi connectivity index (χ3n) is 2.46. The molecule has 0 fully saturated rings. The second-order valence-corrected chi connectivity index (χ2v) is 4.02. The van der Waals surface area contributed by atoms with Crippen LogP contribution in [0.1, 0.15) is 0 Å². The maximum Gasteiger partial charge on any atom is 0.328 e. The zero-order chi connectivity index (χ0) is 13.3. The van der Waals surface area contributed by atoms with Gasteiger partial charge in [0.1, 0.15) is 0 Å². The SMILES string of the molecule is C=CCn1c(-c2cc(=O)n(C)c(=O)[nH]2)n[nH]c1=S. The molecule has 0 aliphatic carbocycles. The van der Waals surface area contributed by atoms with E-state index in [4.69, 9.17) is 12.2 Å². The van der Waals surface area contributed by atoms with Gasteiger partial charge < -0.3 is 4.98 Å². The molecule has 2 aromatic heterocycles. The van der Waals surface area contributed by atoms with E-state index in [1.807, 2.05) is 0 Å². The molecule has 0 aliphatic heterocycles. The number of allylic oxidation sites excluding steroid dienone is 1. The van der Waals surface area contributed by atoms with Crippen molar-refractivity contribution in [1.29, 1.82) is 0 Å². The van der Waals surface area contributed by atoms with Crippen LogP contribution < -0.4 is 11.2 Å². The minimum absolute atomic E-state index is 0.317. The average Bonchev–Trinajstić information content (AvgIpc) is 2.68. The Morgan fingerprint density at radius 3 is 2.89 bits per heavy atom. The first kappa shape index (κ1) is 12.2. The first-order valence-electron chi connectivity index (χ1n) is 5.11. The molecule has 2 rings (SSSR count). The summed E-state index contributed by atoms with van der Waals surface area (Å²) in [5.41, 5.74) is -0.596. The van der Waals surface area contributed by atoms with Gasteiger partial charge in [-0.05, 0) is 12.2 Å². The highest BCUT2D eigenvalue weighted by Gasteiger charge is 2.10. The lowest BCUT2D eigenvalue weighted by molar-refractivity contribution is 0.766. The quantitative estimate of drug-likeness (QED) is 0.612. The first-order valence-corrected chi connectivity index (χ1v) is 5.52. The van der Waals surface area contributed by atoms with E-state index >= 15 is 0 Å². The highest BCUT2D eigenvalue weighted by Crippen LogP contribution is 2.11. The van der Waals surface area contributed by atoms with Crippen molar-refractivity contribution in [1.82, 2.24) is 24.3 Å². The predicted octanol–water partition coefficient (Wildman–Crippen LogP) is 0.181. The monoisotopic (exact) mass is 265 g/mol. The lowest BCUT2D eigenvalue weighted by atomic mass is 10.3. The minimum atomic E-state index is -0.503. The second-order valence-electron chi connectivity index (χ2n) is 3.64. The van der Waals surface area contributed by atoms with Crippen molar-refractivity contribution in [3.63, 3.8) is 0 Å². The normalized spacial score (nSPS) is 10.5. The molecule has 2 aromatic rings. The van der Waals surface area contributed by atoms with Gasteiger partial charge >= 0.3 is 5.69 Å². The molecule has 7 nitrogen and oxygen atoms in total. The Balaban J connectivity index is 2.70. The molecule has 2 N–H and O–H groups in total. The highest BCUT2D eigenvalue weighted by molar-refractivity contribution is 7.71. The molecule has 0 radical (unpaired) electrons. The molecule has 0 amide bonds. The van der Waals surface area contributed by atoms with Gasteiger partial charge in [0, 0.05) is 19.7 Å². The summed E-state index contributed by atoms with van der Waals surface area (Å²) >= 11 is 5.05. The van der Waals surface area contributed by atoms with Crippen LogP contribution in [0.5, 0.6) is 0 Å². The Kier molecular flexibility index (Phi) is 3.11. The molecule has 0 saturated carbocycles. The van der Waals surface area contributed by atoms with Crippen LogP contribution in [0.25, 0.3) is 11.5 Å². The van der Waals surface area contributed by atoms with Gasteiger partial charge in [0.15, 0.2) is 10.6 Å². The zero-order valence-corrected chi connectivity index (χ0v) is 10.5. The van der Waals surface area contributed by atoms with Crippen LogP contribution in [0.4, 0.5) is 0 Å². The number of H-pyrrole nitrogens is 2. The van der Waals surface area contributed by atoms with Crippen molar-refractivity contribution in [3.8, 4) is 11.5 Å². The van der Waals surface area contributed by atoms with E-state index in [1.165, 1.54) is 13.1 Å². The summed E-state index contributed by atoms with van der Waals surface area (Å²) in [5, 5.41) is 6.61. The number of hydrogen-bond donors (Lipinski definition) is 2. The van der Waals surface area contributed by atoms with Gasteiger partial charge in [0.05, 0.1) is 5.69 Å². The lowest BCUT2D eigenvalue weighted by Gasteiger charge is -2.04. The molecule has 0 spiro atoms. The van der Waals surface area contributed by atoms with Gasteiger partial charge in [-0.1, -0.05) is 6.08 Å². The largest absolute Gasteiger partial charge is 0.328 e. The zero-order valence-electron chi connectivity index (χ0n) is 9.64. The second kappa shape index (κ2) is 4.57. The van der Waals surface area contributed by atoms with E-state index in [2.05, 4.69) is 21.8 Å². The third kappa shape index (κ3) is 1.97. The summed E-state index contributed by atoms with van der Waals surface area (Å²) in [4.78, 5) is 25.7. The number of nitrogens with one attached hydrogen (secondary N) is 2. The molecular formula is C10H11N5O2S. The topological polar surface area (TPSA) is 88.5 Å². The summed E-state index contributed by atoms with van der Waals surface area (Å²) in [5.74, 6) is 0.398. The van der Waals surface area contributed by atoms with Crippen LogP contribution >= 0.6 is 12.2 Å². The van der Waals surface area contributed by atoms with Crippen LogP contribution in [0.2, 0.25) is 0 Å². The van der Waals surface area contributed by atoms with Crippen molar-refractivity contribution in [2.45, 2.75) is 6.54 Å². The summed E-state index contributed by atoms with van der Waals surface area (Å²) in [6.45, 7) is 4.05. The van der Waals surface area contributed by atoms with Crippen molar-refractivity contribution in [2.24, 2.45) is 7.05 Å². The summed E-state index contributed by atoms with van der Waals surface area (Å²) < 4.78 is 3.00. The van der Waals surface area contributed by atoms with Crippen LogP contribution in [-0.4, -0.2) is 24.3 Å². The number of hydrogen-bond acceptors (Lipinski definition) is 4. The first-order chi connectivity index (χ1) is 8.54. The fraction of sp³-hybridized carbons (Fsp3) is 0.200. The molecule has 0 bridgehead atoms. The number of aromatic amines is 2. The standard InChI is InChI=1S/C10H11N5O2S/c1-3-4-15-8(12-13-10(15)18)6-5-7(16)14(2)9(17)11-6/h3,5H,1,4H2,2H3,(H,11,17)(H,13,18). The van der Waals surface area contributed by atoms with Crippen LogP contribution in [0.3, 0.4) is 0 Å². The molecule has 94 valence electrons. The molecule has 0 aliphatic rings. The van der Waals surface area contributed by atoms with E-state index in [1.54, 1.807) is 10.6 Å². The van der Waals surface area contributed by atoms with Crippen molar-refractivity contribution in [3.05, 3.63) is 44.3 Å². The minimum Gasteiger partial charge on any atom is -0.304 e. The molecule has 0 unspecified atom stereocenters. The summed E-state index contributed by atoms with van der Waals surface area (Å²) in [6, 6.07) is 1.30. The van der Waals surface area contributed by atoms with Crippen LogP contribution in [0, 0.1) is 4.77 Å². The molecule has 8 heteroatoms. The van der Waals surface area contributed by atoms with E-state index < -0.39 is 11.2 Å². The maximum absolute atomic E-state index is 11.6. The van der Waals surface area contributed by atoms with Gasteiger partial charge in [-0.3, -0.25) is 19.0 Å². The fourth-order valence-electron chi connectivity index (χ4n) is 1.50. The molecule has 18 heavy (non-hydrogen) atoms. The Morgan fingerprint density at radius 2 is 2.28 bits per heavy atom. The van der Waals surface area contributed by atoms with Gasteiger partial charge in [-0.2, -0.15) is 5.10 Å². The molecule has 0 saturated heterocycles. The Labute approximate surface area is 106 Å². The fourth-order valence-corrected chi connectivity index (χ4v) is 1.70. The molecule has 0 aromatic carbocycles. The Bertz CT molecular complexity index is 732. The summed E-state index contributed by atoms with van der Waals surface area (Å²) in [7, 11) is 1.39. The Hall–Kier alpha value is -2.22. The number of nitrogens with zero attached hydrogens (tertiary/aromatic N) is 3. The van der Waals surface area contributed by atoms with E-state index in [0.717, 1.165) is 4.57 Å². The maximum atomic E-state index is 11.6. The van der Waals surface area contributed by atoms with E-state index in [0.29, 0.717) is 22.8 Å². The Morgan fingerprint density at radius 1 is 1.56 bits per heavy atom. The van der Waals surface area contributed by atoms with Gasteiger partial charge in [-0.25, -0.2) is 4.79 Å². The van der Waals surface area contributed by atoms with Gasteiger partial charge in [0.2, 0.25) is 0 Å². The predicted molar refractivity (Wildman–Crippen MR) is 68.9 cm³/mol. The third-order valence-corrected chi connectivity index (χ3v) is 2.77.